The number of ether oxygens (including phenoxy) is 2. The van der Waals surface area contributed by atoms with E-state index in [1.165, 1.54) is 36.4 Å². The Morgan fingerprint density at radius 1 is 0.583 bits per heavy atom. The van der Waals surface area contributed by atoms with Gasteiger partial charge in [-0.25, -0.2) is 0 Å². The summed E-state index contributed by atoms with van der Waals surface area (Å²) in [6.07, 6.45) is 14.1. The van der Waals surface area contributed by atoms with Crippen LogP contribution in [0.5, 0.6) is 34.5 Å². The molecule has 0 aliphatic carbocycles. The Labute approximate surface area is 357 Å². The highest BCUT2D eigenvalue weighted by Gasteiger charge is 2.32. The highest BCUT2D eigenvalue weighted by Crippen LogP contribution is 2.47. The molecule has 0 spiro atoms. The summed E-state index contributed by atoms with van der Waals surface area (Å²) in [6.45, 7) is 25.4. The molecule has 4 aromatic carbocycles. The Morgan fingerprint density at radius 3 is 1.43 bits per heavy atom. The normalized spacial score (nSPS) is 11.6. The van der Waals surface area contributed by atoms with Crippen LogP contribution >= 0.6 is 0 Å². The molecule has 0 unspecified atom stereocenters. The molecule has 0 atom stereocenters. The second kappa shape index (κ2) is 22.4. The van der Waals surface area contributed by atoms with Crippen LogP contribution in [0.1, 0.15) is 135 Å². The Kier molecular flexibility index (Phi) is 18.0. The minimum absolute atomic E-state index is 0.0774. The van der Waals surface area contributed by atoms with Crippen LogP contribution in [0.25, 0.3) is 12.2 Å². The fourth-order valence-electron chi connectivity index (χ4n) is 6.30. The van der Waals surface area contributed by atoms with Gasteiger partial charge in [-0.3, -0.25) is 9.59 Å². The minimum Gasteiger partial charge on any atom is -0.508 e. The van der Waals surface area contributed by atoms with Crippen molar-refractivity contribution in [1.29, 1.82) is 0 Å². The minimum atomic E-state index is -0.241. The Balaban J connectivity index is 0.000000323. The molecule has 0 aliphatic heterocycles. The van der Waals surface area contributed by atoms with Crippen molar-refractivity contribution in [1.82, 2.24) is 0 Å². The molecule has 8 heteroatoms. The molecule has 320 valence electrons. The molecule has 0 amide bonds. The summed E-state index contributed by atoms with van der Waals surface area (Å²) < 4.78 is 12.1. The molecule has 0 fully saturated rings. The number of rotatable bonds is 20. The van der Waals surface area contributed by atoms with E-state index >= 15 is 0 Å². The zero-order valence-corrected chi connectivity index (χ0v) is 36.7. The van der Waals surface area contributed by atoms with E-state index in [9.17, 15) is 30.0 Å². The number of carbonyl (C=O) groups excluding carboxylic acids is 2. The molecule has 0 aromatic heterocycles. The summed E-state index contributed by atoms with van der Waals surface area (Å²) >= 11 is 0. The lowest BCUT2D eigenvalue weighted by Crippen LogP contribution is -2.22. The average Bonchev–Trinajstić information content (AvgIpc) is 3.23. The monoisotopic (exact) mass is 816 g/mol. The lowest BCUT2D eigenvalue weighted by Gasteiger charge is -2.32. The van der Waals surface area contributed by atoms with Crippen molar-refractivity contribution in [3.63, 3.8) is 0 Å². The average molecular weight is 817 g/mol. The zero-order chi connectivity index (χ0) is 44.6. The number of phenolic OH excluding ortho intramolecular Hbond substituents is 4. The first-order valence-electron chi connectivity index (χ1n) is 20.8. The molecule has 60 heavy (non-hydrogen) atoms. The molecule has 0 heterocycles. The fraction of sp³-hybridized carbons (Fsp3) is 0.346. The molecular formula is C52H64O8. The number of benzene rings is 4. The van der Waals surface area contributed by atoms with E-state index in [0.717, 1.165) is 42.4 Å². The van der Waals surface area contributed by atoms with E-state index in [1.54, 1.807) is 48.6 Å². The number of phenols is 4. The first kappa shape index (κ1) is 48.3. The van der Waals surface area contributed by atoms with Gasteiger partial charge in [0.2, 0.25) is 0 Å². The van der Waals surface area contributed by atoms with Gasteiger partial charge in [0.05, 0.1) is 24.3 Å². The molecule has 0 aliphatic rings. The standard InChI is InChI=1S/C28H38O4.C24H26O4/c1-8-17-32-26-21(15-16-24(30)19-11-13-20(29)14-12-19)25(31)22(27(4,5)9-2)18-23(26)28(6,7)10-3;1-4-7-18-16-19(8-5-2)24(28-15-6-3)21(23(18)27)13-14-22(26)17-9-11-20(25)12-10-17/h11-16,18,29,31H,8-10,17H2,1-7H3;4-5,9-14,16,25,27H,1-2,6-8,15H2,3H3. The third-order valence-electron chi connectivity index (χ3n) is 10.7. The Bertz CT molecular complexity index is 2150. The third kappa shape index (κ3) is 12.5. The van der Waals surface area contributed by atoms with Crippen LogP contribution in [0.2, 0.25) is 0 Å². The number of hydrogen-bond acceptors (Lipinski definition) is 8. The van der Waals surface area contributed by atoms with Crippen molar-refractivity contribution >= 4 is 23.7 Å². The molecular weight excluding hydrogens is 753 g/mol. The predicted octanol–water partition coefficient (Wildman–Crippen LogP) is 12.4. The lowest BCUT2D eigenvalue weighted by molar-refractivity contribution is 0.103. The number of hydrogen-bond donors (Lipinski definition) is 4. The molecule has 0 bridgehead atoms. The number of aromatic hydroxyl groups is 4. The van der Waals surface area contributed by atoms with Gasteiger partial charge in [0.1, 0.15) is 34.5 Å². The van der Waals surface area contributed by atoms with Crippen molar-refractivity contribution in [2.75, 3.05) is 13.2 Å². The summed E-state index contributed by atoms with van der Waals surface area (Å²) in [4.78, 5) is 25.2. The fourth-order valence-corrected chi connectivity index (χ4v) is 6.30. The highest BCUT2D eigenvalue weighted by molar-refractivity contribution is 6.08. The van der Waals surface area contributed by atoms with Gasteiger partial charge in [-0.15, -0.1) is 13.2 Å². The summed E-state index contributed by atoms with van der Waals surface area (Å²) in [6, 6.07) is 16.1. The van der Waals surface area contributed by atoms with Crippen molar-refractivity contribution in [3.05, 3.63) is 143 Å². The SMILES string of the molecule is C=CCc1cc(CC=C)c(OCCC)c(C=CC(=O)c2ccc(O)cc2)c1O.CCCOc1c(C(C)(C)CC)cc(C(C)(C)CC)c(O)c1C=CC(=O)c1ccc(O)cc1. The molecule has 8 nitrogen and oxygen atoms in total. The summed E-state index contributed by atoms with van der Waals surface area (Å²) in [5.74, 6) is 1.20. The van der Waals surface area contributed by atoms with Crippen LogP contribution in [-0.4, -0.2) is 45.2 Å². The Hall–Kier alpha value is -6.02. The summed E-state index contributed by atoms with van der Waals surface area (Å²) in [5, 5.41) is 41.0. The van der Waals surface area contributed by atoms with Gasteiger partial charge in [0.25, 0.3) is 0 Å². The molecule has 4 rings (SSSR count). The van der Waals surface area contributed by atoms with E-state index in [0.29, 0.717) is 65.4 Å². The van der Waals surface area contributed by atoms with Crippen LogP contribution in [0.4, 0.5) is 0 Å². The van der Waals surface area contributed by atoms with Crippen LogP contribution in [-0.2, 0) is 23.7 Å². The van der Waals surface area contributed by atoms with Gasteiger partial charge in [0.15, 0.2) is 11.6 Å². The van der Waals surface area contributed by atoms with Crippen molar-refractivity contribution in [2.45, 2.75) is 105 Å². The number of allylic oxidation sites excluding steroid dienone is 4. The largest absolute Gasteiger partial charge is 0.508 e. The Morgan fingerprint density at radius 2 is 1.00 bits per heavy atom. The van der Waals surface area contributed by atoms with Crippen LogP contribution in [0.3, 0.4) is 0 Å². The van der Waals surface area contributed by atoms with E-state index in [4.69, 9.17) is 9.47 Å². The van der Waals surface area contributed by atoms with Crippen LogP contribution in [0, 0.1) is 0 Å². The van der Waals surface area contributed by atoms with Gasteiger partial charge in [-0.2, -0.15) is 0 Å². The van der Waals surface area contributed by atoms with Gasteiger partial charge >= 0.3 is 0 Å². The summed E-state index contributed by atoms with van der Waals surface area (Å²) in [5.41, 5.74) is 5.03. The van der Waals surface area contributed by atoms with Crippen molar-refractivity contribution < 1.29 is 39.5 Å². The maximum absolute atomic E-state index is 12.8. The molecule has 4 aromatic rings. The van der Waals surface area contributed by atoms with E-state index < -0.39 is 0 Å². The van der Waals surface area contributed by atoms with E-state index in [1.807, 2.05) is 19.9 Å². The van der Waals surface area contributed by atoms with Gasteiger partial charge in [-0.05, 0) is 145 Å². The van der Waals surface area contributed by atoms with Gasteiger partial charge in [-0.1, -0.05) is 67.5 Å². The van der Waals surface area contributed by atoms with E-state index in [2.05, 4.69) is 60.8 Å². The predicted molar refractivity (Wildman–Crippen MR) is 245 cm³/mol. The first-order valence-corrected chi connectivity index (χ1v) is 20.8. The van der Waals surface area contributed by atoms with E-state index in [-0.39, 0.29) is 45.4 Å². The van der Waals surface area contributed by atoms with Gasteiger partial charge < -0.3 is 29.9 Å². The quantitative estimate of drug-likeness (QED) is 0.0394. The second-order valence-electron chi connectivity index (χ2n) is 16.0. The smallest absolute Gasteiger partial charge is 0.185 e. The summed E-state index contributed by atoms with van der Waals surface area (Å²) in [7, 11) is 0. The van der Waals surface area contributed by atoms with Gasteiger partial charge in [0, 0.05) is 22.3 Å². The highest BCUT2D eigenvalue weighted by atomic mass is 16.5. The molecule has 0 radical (unpaired) electrons. The maximum atomic E-state index is 12.8. The van der Waals surface area contributed by atoms with Crippen molar-refractivity contribution in [2.24, 2.45) is 0 Å². The topological polar surface area (TPSA) is 134 Å². The first-order chi connectivity index (χ1) is 28.5. The molecule has 0 saturated carbocycles. The van der Waals surface area contributed by atoms with Crippen molar-refractivity contribution in [3.8, 4) is 34.5 Å². The van der Waals surface area contributed by atoms with Crippen LogP contribution in [0.15, 0.2) is 98.1 Å². The lowest BCUT2D eigenvalue weighted by atomic mass is 9.74. The number of ketones is 2. The second-order valence-corrected chi connectivity index (χ2v) is 16.0. The maximum Gasteiger partial charge on any atom is 0.185 e. The molecule has 4 N–H and O–H groups in total. The number of carbonyl (C=O) groups is 2. The third-order valence-corrected chi connectivity index (χ3v) is 10.7. The van der Waals surface area contributed by atoms with Crippen LogP contribution < -0.4 is 9.47 Å². The molecule has 0 saturated heterocycles. The zero-order valence-electron chi connectivity index (χ0n) is 36.7.